The predicted octanol–water partition coefficient (Wildman–Crippen LogP) is 4.48. The number of esters is 1. The molecule has 0 saturated heterocycles. The molecule has 0 unspecified atom stereocenters. The van der Waals surface area contributed by atoms with Crippen molar-refractivity contribution in [2.24, 2.45) is 5.92 Å². The number of thiophene rings is 1. The topological polar surface area (TPSA) is 43.4 Å². The quantitative estimate of drug-likeness (QED) is 0.594. The molecule has 3 nitrogen and oxygen atoms in total. The fourth-order valence-electron chi connectivity index (χ4n) is 3.02. The fraction of sp³-hybridized carbons (Fsp3) is 0.400. The second-order valence-corrected chi connectivity index (χ2v) is 7.59. The lowest BCUT2D eigenvalue weighted by atomic mass is 9.90. The van der Waals surface area contributed by atoms with Gasteiger partial charge in [-0.05, 0) is 48.8 Å². The lowest BCUT2D eigenvalue weighted by molar-refractivity contribution is 0.0479. The van der Waals surface area contributed by atoms with Crippen LogP contribution in [-0.4, -0.2) is 18.4 Å². The number of carbonyl (C=O) groups excluding carboxylic acids is 2. The summed E-state index contributed by atoms with van der Waals surface area (Å²) in [5.74, 6) is 0.116. The van der Waals surface area contributed by atoms with E-state index in [1.54, 1.807) is 12.1 Å². The lowest BCUT2D eigenvalue weighted by Gasteiger charge is -2.16. The molecule has 1 heterocycles. The summed E-state index contributed by atoms with van der Waals surface area (Å²) in [6, 6.07) is 9.39. The van der Waals surface area contributed by atoms with Crippen LogP contribution in [0.2, 0.25) is 0 Å². The number of Topliss-reactive ketones (excluding diaryl/α,β-unsaturated/α-hetero) is 1. The summed E-state index contributed by atoms with van der Waals surface area (Å²) in [5.41, 5.74) is 3.04. The number of hydrogen-bond donors (Lipinski definition) is 0. The van der Waals surface area contributed by atoms with Crippen LogP contribution < -0.4 is 0 Å². The molecule has 0 amide bonds. The molecular formula is C20H22O3S. The van der Waals surface area contributed by atoms with Crippen molar-refractivity contribution < 1.29 is 14.3 Å². The van der Waals surface area contributed by atoms with Gasteiger partial charge in [-0.25, -0.2) is 4.79 Å². The van der Waals surface area contributed by atoms with E-state index in [-0.39, 0.29) is 18.4 Å². The second-order valence-electron chi connectivity index (χ2n) is 6.46. The number of aryl methyl sites for hydroxylation is 2. The van der Waals surface area contributed by atoms with E-state index in [0.29, 0.717) is 16.4 Å². The smallest absolute Gasteiger partial charge is 0.348 e. The summed E-state index contributed by atoms with van der Waals surface area (Å²) in [4.78, 5) is 26.3. The Bertz CT molecular complexity index is 743. The van der Waals surface area contributed by atoms with Crippen molar-refractivity contribution in [3.63, 3.8) is 0 Å². The first-order valence-electron chi connectivity index (χ1n) is 8.47. The summed E-state index contributed by atoms with van der Waals surface area (Å²) in [6.07, 6.45) is 4.18. The molecule has 0 bridgehead atoms. The molecule has 4 heteroatoms. The van der Waals surface area contributed by atoms with Crippen LogP contribution in [0.4, 0.5) is 0 Å². The number of fused-ring (bicyclic) bond motifs is 1. The monoisotopic (exact) mass is 342 g/mol. The maximum absolute atomic E-state index is 12.2. The van der Waals surface area contributed by atoms with Gasteiger partial charge < -0.3 is 4.74 Å². The Hall–Kier alpha value is -1.94. The Morgan fingerprint density at radius 3 is 2.71 bits per heavy atom. The highest BCUT2D eigenvalue weighted by molar-refractivity contribution is 7.14. The average Bonchev–Trinajstić information content (AvgIpc) is 3.02. The molecule has 3 rings (SSSR count). The number of hydrogen-bond acceptors (Lipinski definition) is 4. The molecule has 1 aromatic heterocycles. The summed E-state index contributed by atoms with van der Waals surface area (Å²) in [6.45, 7) is 4.10. The molecule has 0 radical (unpaired) electrons. The van der Waals surface area contributed by atoms with Crippen molar-refractivity contribution in [1.29, 1.82) is 0 Å². The predicted molar refractivity (Wildman–Crippen MR) is 95.9 cm³/mol. The minimum absolute atomic E-state index is 0.166. The zero-order valence-electron chi connectivity index (χ0n) is 14.1. The van der Waals surface area contributed by atoms with E-state index < -0.39 is 0 Å². The zero-order chi connectivity index (χ0) is 17.1. The Morgan fingerprint density at radius 2 is 2.00 bits per heavy atom. The SMILES string of the molecule is CCc1ccc(C(=O)COC(=O)c2cc3c(s2)CC[C@H](C)C3)cc1. The highest BCUT2D eigenvalue weighted by Crippen LogP contribution is 2.32. The highest BCUT2D eigenvalue weighted by Gasteiger charge is 2.21. The van der Waals surface area contributed by atoms with Gasteiger partial charge in [0.05, 0.1) is 0 Å². The zero-order valence-corrected chi connectivity index (χ0v) is 14.9. The van der Waals surface area contributed by atoms with E-state index >= 15 is 0 Å². The Morgan fingerprint density at radius 1 is 1.25 bits per heavy atom. The van der Waals surface area contributed by atoms with Crippen LogP contribution in [-0.2, 0) is 24.0 Å². The number of ketones is 1. The molecule has 1 aliphatic rings. The molecule has 0 N–H and O–H groups in total. The lowest BCUT2D eigenvalue weighted by Crippen LogP contribution is -2.13. The Kier molecular flexibility index (Phi) is 5.14. The Balaban J connectivity index is 1.60. The van der Waals surface area contributed by atoms with E-state index in [0.717, 1.165) is 19.3 Å². The largest absolute Gasteiger partial charge is 0.453 e. The van der Waals surface area contributed by atoms with Gasteiger partial charge in [0.25, 0.3) is 0 Å². The second kappa shape index (κ2) is 7.31. The summed E-state index contributed by atoms with van der Waals surface area (Å²) in [5, 5.41) is 0. The average molecular weight is 342 g/mol. The van der Waals surface area contributed by atoms with E-state index in [9.17, 15) is 9.59 Å². The minimum Gasteiger partial charge on any atom is -0.453 e. The van der Waals surface area contributed by atoms with E-state index in [1.807, 2.05) is 18.2 Å². The van der Waals surface area contributed by atoms with Crippen molar-refractivity contribution in [3.8, 4) is 0 Å². The van der Waals surface area contributed by atoms with Crippen molar-refractivity contribution in [1.82, 2.24) is 0 Å². The molecule has 2 aromatic rings. The van der Waals surface area contributed by atoms with Gasteiger partial charge in [0, 0.05) is 10.4 Å². The third-order valence-electron chi connectivity index (χ3n) is 4.55. The van der Waals surface area contributed by atoms with Crippen LogP contribution in [0.3, 0.4) is 0 Å². The molecule has 1 aromatic carbocycles. The van der Waals surface area contributed by atoms with Crippen LogP contribution in [0.5, 0.6) is 0 Å². The maximum atomic E-state index is 12.2. The third kappa shape index (κ3) is 3.75. The van der Waals surface area contributed by atoms with Crippen LogP contribution in [0.25, 0.3) is 0 Å². The fourth-order valence-corrected chi connectivity index (χ4v) is 4.12. The maximum Gasteiger partial charge on any atom is 0.348 e. The first-order chi connectivity index (χ1) is 11.6. The summed E-state index contributed by atoms with van der Waals surface area (Å²) < 4.78 is 5.23. The van der Waals surface area contributed by atoms with Gasteiger partial charge in [-0.3, -0.25) is 4.79 Å². The van der Waals surface area contributed by atoms with Gasteiger partial charge in [0.15, 0.2) is 12.4 Å². The number of benzene rings is 1. The molecule has 0 fully saturated rings. The van der Waals surface area contributed by atoms with Gasteiger partial charge >= 0.3 is 5.97 Å². The van der Waals surface area contributed by atoms with Crippen molar-refractivity contribution in [2.45, 2.75) is 39.5 Å². The number of ether oxygens (including phenoxy) is 1. The van der Waals surface area contributed by atoms with Crippen LogP contribution >= 0.6 is 11.3 Å². The standard InChI is InChI=1S/C20H22O3S/c1-3-14-5-7-15(8-6-14)17(21)12-23-20(22)19-11-16-10-13(2)4-9-18(16)24-19/h5-8,11,13H,3-4,9-10,12H2,1-2H3/t13-/m0/s1. The van der Waals surface area contributed by atoms with Gasteiger partial charge in [-0.1, -0.05) is 38.1 Å². The van der Waals surface area contributed by atoms with Gasteiger partial charge in [-0.15, -0.1) is 11.3 Å². The Labute approximate surface area is 146 Å². The first kappa shape index (κ1) is 16.9. The van der Waals surface area contributed by atoms with Crippen molar-refractivity contribution in [3.05, 3.63) is 56.8 Å². The minimum atomic E-state index is -0.388. The molecule has 24 heavy (non-hydrogen) atoms. The molecule has 1 atom stereocenters. The molecule has 126 valence electrons. The van der Waals surface area contributed by atoms with E-state index in [1.165, 1.54) is 33.8 Å². The van der Waals surface area contributed by atoms with E-state index in [2.05, 4.69) is 13.8 Å². The van der Waals surface area contributed by atoms with Crippen LogP contribution in [0, 0.1) is 5.92 Å². The molecular weight excluding hydrogens is 320 g/mol. The van der Waals surface area contributed by atoms with Crippen molar-refractivity contribution in [2.75, 3.05) is 6.61 Å². The normalized spacial score (nSPS) is 16.5. The molecule has 1 aliphatic carbocycles. The molecule has 0 saturated carbocycles. The van der Waals surface area contributed by atoms with Gasteiger partial charge in [-0.2, -0.15) is 0 Å². The molecule has 0 aliphatic heterocycles. The van der Waals surface area contributed by atoms with Gasteiger partial charge in [0.2, 0.25) is 0 Å². The first-order valence-corrected chi connectivity index (χ1v) is 9.29. The van der Waals surface area contributed by atoms with Crippen LogP contribution in [0.1, 0.15) is 56.3 Å². The van der Waals surface area contributed by atoms with Crippen molar-refractivity contribution >= 4 is 23.1 Å². The highest BCUT2D eigenvalue weighted by atomic mass is 32.1. The molecule has 0 spiro atoms. The van der Waals surface area contributed by atoms with Crippen LogP contribution in [0.15, 0.2) is 30.3 Å². The summed E-state index contributed by atoms with van der Waals surface area (Å²) >= 11 is 1.51. The number of carbonyl (C=O) groups is 2. The van der Waals surface area contributed by atoms with Gasteiger partial charge in [0.1, 0.15) is 4.88 Å². The third-order valence-corrected chi connectivity index (χ3v) is 5.77. The van der Waals surface area contributed by atoms with E-state index in [4.69, 9.17) is 4.74 Å². The summed E-state index contributed by atoms with van der Waals surface area (Å²) in [7, 11) is 0. The number of rotatable bonds is 5.